The number of rotatable bonds is 1. The molecule has 0 amide bonds. The van der Waals surface area contributed by atoms with Crippen molar-refractivity contribution in [2.75, 3.05) is 5.73 Å². The zero-order valence-corrected chi connectivity index (χ0v) is 9.84. The van der Waals surface area contributed by atoms with Crippen LogP contribution in [0, 0.1) is 11.6 Å². The molecule has 0 aliphatic heterocycles. The molecule has 0 heterocycles. The van der Waals surface area contributed by atoms with Gasteiger partial charge in [-0.2, -0.15) is 0 Å². The Labute approximate surface area is 104 Å². The number of hydrogen-bond donors (Lipinski definition) is 1. The largest absolute Gasteiger partial charge is 0.396 e. The maximum Gasteiger partial charge on any atom is 0.146 e. The van der Waals surface area contributed by atoms with Crippen LogP contribution in [0.3, 0.4) is 0 Å². The molecule has 0 saturated heterocycles. The Morgan fingerprint density at radius 2 is 1.67 bits per heavy atom. The van der Waals surface area contributed by atoms with E-state index < -0.39 is 11.6 Å². The van der Waals surface area contributed by atoms with E-state index in [1.165, 1.54) is 17.2 Å². The van der Waals surface area contributed by atoms with Crippen molar-refractivity contribution in [1.82, 2.24) is 0 Å². The van der Waals surface area contributed by atoms with Crippen molar-refractivity contribution in [3.8, 4) is 11.1 Å². The van der Waals surface area contributed by atoms with E-state index in [0.717, 1.165) is 25.3 Å². The van der Waals surface area contributed by atoms with Crippen molar-refractivity contribution in [2.24, 2.45) is 0 Å². The fourth-order valence-corrected chi connectivity index (χ4v) is 2.52. The molecule has 1 aliphatic carbocycles. The third kappa shape index (κ3) is 1.76. The number of aryl methyl sites for hydroxylation is 2. The van der Waals surface area contributed by atoms with Gasteiger partial charge in [0.05, 0.1) is 5.69 Å². The van der Waals surface area contributed by atoms with Crippen LogP contribution in [0.5, 0.6) is 0 Å². The summed E-state index contributed by atoms with van der Waals surface area (Å²) >= 11 is 0. The van der Waals surface area contributed by atoms with E-state index >= 15 is 0 Å². The molecule has 3 heteroatoms. The van der Waals surface area contributed by atoms with E-state index in [-0.39, 0.29) is 11.3 Å². The van der Waals surface area contributed by atoms with Gasteiger partial charge in [-0.05, 0) is 42.0 Å². The lowest BCUT2D eigenvalue weighted by atomic mass is 10.00. The van der Waals surface area contributed by atoms with Crippen molar-refractivity contribution < 1.29 is 8.78 Å². The summed E-state index contributed by atoms with van der Waals surface area (Å²) in [5.41, 5.74) is 8.73. The minimum Gasteiger partial charge on any atom is -0.396 e. The Kier molecular flexibility index (Phi) is 2.54. The lowest BCUT2D eigenvalue weighted by Gasteiger charge is -2.08. The predicted octanol–water partition coefficient (Wildman–Crippen LogP) is 3.70. The highest BCUT2D eigenvalue weighted by atomic mass is 19.1. The van der Waals surface area contributed by atoms with Gasteiger partial charge in [-0.25, -0.2) is 8.78 Å². The quantitative estimate of drug-likeness (QED) is 0.762. The first-order chi connectivity index (χ1) is 8.65. The number of anilines is 1. The van der Waals surface area contributed by atoms with Crippen LogP contribution in [-0.4, -0.2) is 0 Å². The van der Waals surface area contributed by atoms with Gasteiger partial charge in [-0.1, -0.05) is 18.2 Å². The summed E-state index contributed by atoms with van der Waals surface area (Å²) in [6.07, 6.45) is 3.23. The molecule has 92 valence electrons. The van der Waals surface area contributed by atoms with Gasteiger partial charge in [0.15, 0.2) is 0 Å². The van der Waals surface area contributed by atoms with Crippen LogP contribution < -0.4 is 5.73 Å². The first-order valence-electron chi connectivity index (χ1n) is 6.02. The van der Waals surface area contributed by atoms with Gasteiger partial charge >= 0.3 is 0 Å². The van der Waals surface area contributed by atoms with Crippen molar-refractivity contribution in [3.05, 3.63) is 53.1 Å². The molecule has 0 unspecified atom stereocenters. The predicted molar refractivity (Wildman–Crippen MR) is 68.2 cm³/mol. The minimum atomic E-state index is -0.577. The lowest BCUT2D eigenvalue weighted by Crippen LogP contribution is -1.95. The maximum atomic E-state index is 13.8. The van der Waals surface area contributed by atoms with Crippen molar-refractivity contribution in [2.45, 2.75) is 19.3 Å². The van der Waals surface area contributed by atoms with Gasteiger partial charge in [0.2, 0.25) is 0 Å². The number of benzene rings is 2. The average Bonchev–Trinajstić information content (AvgIpc) is 2.80. The second-order valence-corrected chi connectivity index (χ2v) is 4.69. The van der Waals surface area contributed by atoms with E-state index in [1.54, 1.807) is 0 Å². The molecule has 3 rings (SSSR count). The summed E-state index contributed by atoms with van der Waals surface area (Å²) in [5, 5.41) is 0. The van der Waals surface area contributed by atoms with E-state index in [9.17, 15) is 8.78 Å². The monoisotopic (exact) mass is 245 g/mol. The first kappa shape index (κ1) is 11.2. The second-order valence-electron chi connectivity index (χ2n) is 4.69. The molecule has 18 heavy (non-hydrogen) atoms. The van der Waals surface area contributed by atoms with E-state index in [0.29, 0.717) is 5.56 Å². The van der Waals surface area contributed by atoms with E-state index in [2.05, 4.69) is 0 Å². The summed E-state index contributed by atoms with van der Waals surface area (Å²) in [5.74, 6) is -1.06. The second kappa shape index (κ2) is 4.09. The summed E-state index contributed by atoms with van der Waals surface area (Å²) in [7, 11) is 0. The molecule has 0 bridgehead atoms. The smallest absolute Gasteiger partial charge is 0.146 e. The third-order valence-electron chi connectivity index (χ3n) is 3.50. The highest BCUT2D eigenvalue weighted by molar-refractivity contribution is 5.68. The van der Waals surface area contributed by atoms with Crippen LogP contribution in [0.2, 0.25) is 0 Å². The van der Waals surface area contributed by atoms with Crippen LogP contribution in [0.1, 0.15) is 17.5 Å². The van der Waals surface area contributed by atoms with E-state index in [4.69, 9.17) is 5.73 Å². The first-order valence-corrected chi connectivity index (χ1v) is 6.02. The third-order valence-corrected chi connectivity index (χ3v) is 3.50. The number of nitrogen functional groups attached to an aromatic ring is 1. The highest BCUT2D eigenvalue weighted by Crippen LogP contribution is 2.31. The molecule has 0 atom stereocenters. The van der Waals surface area contributed by atoms with Crippen LogP contribution in [0.25, 0.3) is 11.1 Å². The fourth-order valence-electron chi connectivity index (χ4n) is 2.52. The zero-order valence-electron chi connectivity index (χ0n) is 9.84. The molecular formula is C15H13F2N. The molecule has 1 nitrogen and oxygen atoms in total. The summed E-state index contributed by atoms with van der Waals surface area (Å²) < 4.78 is 27.2. The van der Waals surface area contributed by atoms with Gasteiger partial charge in [0.1, 0.15) is 11.6 Å². The highest BCUT2D eigenvalue weighted by Gasteiger charge is 2.14. The Hall–Kier alpha value is -1.90. The van der Waals surface area contributed by atoms with Crippen LogP contribution >= 0.6 is 0 Å². The molecule has 0 spiro atoms. The fraction of sp³-hybridized carbons (Fsp3) is 0.200. The SMILES string of the molecule is Nc1cc(F)c(-c2ccc3c(c2)CCC3)cc1F. The number of nitrogens with two attached hydrogens (primary N) is 1. The standard InChI is InChI=1S/C15H13F2N/c16-13-8-15(18)14(17)7-12(13)11-5-4-9-2-1-3-10(9)6-11/h4-8H,1-3,18H2. The van der Waals surface area contributed by atoms with Crippen LogP contribution in [-0.2, 0) is 12.8 Å². The number of halogens is 2. The minimum absolute atomic E-state index is 0.155. The van der Waals surface area contributed by atoms with E-state index in [1.807, 2.05) is 18.2 Å². The molecule has 2 N–H and O–H groups in total. The number of fused-ring (bicyclic) bond motifs is 1. The average molecular weight is 245 g/mol. The molecule has 2 aromatic rings. The summed E-state index contributed by atoms with van der Waals surface area (Å²) in [4.78, 5) is 0. The van der Waals surface area contributed by atoms with Gasteiger partial charge in [0.25, 0.3) is 0 Å². The number of hydrogen-bond acceptors (Lipinski definition) is 1. The van der Waals surface area contributed by atoms with Crippen molar-refractivity contribution >= 4 is 5.69 Å². The Morgan fingerprint density at radius 1 is 0.889 bits per heavy atom. The van der Waals surface area contributed by atoms with Crippen LogP contribution in [0.4, 0.5) is 14.5 Å². The van der Waals surface area contributed by atoms with Crippen molar-refractivity contribution in [3.63, 3.8) is 0 Å². The van der Waals surface area contributed by atoms with Crippen molar-refractivity contribution in [1.29, 1.82) is 0 Å². The molecule has 0 aromatic heterocycles. The Balaban J connectivity index is 2.12. The molecule has 0 saturated carbocycles. The normalized spacial score (nSPS) is 13.7. The molecule has 2 aromatic carbocycles. The van der Waals surface area contributed by atoms with Gasteiger partial charge in [0, 0.05) is 11.6 Å². The summed E-state index contributed by atoms with van der Waals surface area (Å²) in [6.45, 7) is 0. The topological polar surface area (TPSA) is 26.0 Å². The van der Waals surface area contributed by atoms with Crippen LogP contribution in [0.15, 0.2) is 30.3 Å². The molecular weight excluding hydrogens is 232 g/mol. The molecule has 0 fully saturated rings. The summed E-state index contributed by atoms with van der Waals surface area (Å²) in [6, 6.07) is 8.01. The maximum absolute atomic E-state index is 13.8. The Bertz CT molecular complexity index is 620. The molecule has 0 radical (unpaired) electrons. The molecule has 1 aliphatic rings. The Morgan fingerprint density at radius 3 is 2.50 bits per heavy atom. The van der Waals surface area contributed by atoms with Gasteiger partial charge in [-0.15, -0.1) is 0 Å². The zero-order chi connectivity index (χ0) is 12.7. The van der Waals surface area contributed by atoms with Gasteiger partial charge in [-0.3, -0.25) is 0 Å². The van der Waals surface area contributed by atoms with Gasteiger partial charge < -0.3 is 5.73 Å². The lowest BCUT2D eigenvalue weighted by molar-refractivity contribution is 0.607.